The highest BCUT2D eigenvalue weighted by Crippen LogP contribution is 2.33. The zero-order valence-corrected chi connectivity index (χ0v) is 21.6. The number of nitrogens with one attached hydrogen (secondary N) is 1. The van der Waals surface area contributed by atoms with E-state index >= 15 is 0 Å². The first-order chi connectivity index (χ1) is 17.6. The summed E-state index contributed by atoms with van der Waals surface area (Å²) in [6.45, 7) is 3.28. The number of carbonyl (C=O) groups excluding carboxylic acids is 2. The Morgan fingerprint density at radius 3 is 2.42 bits per heavy atom. The first-order valence-electron chi connectivity index (χ1n) is 11.5. The van der Waals surface area contributed by atoms with E-state index in [4.69, 9.17) is 5.73 Å². The predicted molar refractivity (Wildman–Crippen MR) is 134 cm³/mol. The molecule has 3 N–H and O–H groups in total. The van der Waals surface area contributed by atoms with Gasteiger partial charge in [-0.15, -0.1) is 13.2 Å². The third-order valence-corrected chi connectivity index (χ3v) is 8.36. The van der Waals surface area contributed by atoms with E-state index in [2.05, 4.69) is 15.0 Å². The second kappa shape index (κ2) is 9.58. The molecule has 0 atom stereocenters. The van der Waals surface area contributed by atoms with Gasteiger partial charge in [0.15, 0.2) is 5.54 Å². The quantitative estimate of drug-likeness (QED) is 0.542. The Morgan fingerprint density at radius 2 is 1.84 bits per heavy atom. The highest BCUT2D eigenvalue weighted by molar-refractivity contribution is 7.89. The van der Waals surface area contributed by atoms with Gasteiger partial charge in [0, 0.05) is 31.4 Å². The molecule has 0 aromatic heterocycles. The number of carbonyl (C=O) groups is 2. The second-order valence-electron chi connectivity index (χ2n) is 9.31. The number of urea groups is 1. The van der Waals surface area contributed by atoms with Crippen LogP contribution in [0.3, 0.4) is 0 Å². The van der Waals surface area contributed by atoms with Crippen molar-refractivity contribution < 1.29 is 35.9 Å². The lowest BCUT2D eigenvalue weighted by molar-refractivity contribution is -0.274. The van der Waals surface area contributed by atoms with Crippen LogP contribution in [-0.4, -0.2) is 68.3 Å². The molecule has 0 unspecified atom stereocenters. The number of alkyl halides is 3. The molecule has 4 rings (SSSR count). The summed E-state index contributed by atoms with van der Waals surface area (Å²) in [5, 5.41) is 2.54. The zero-order valence-electron chi connectivity index (χ0n) is 20.8. The maximum Gasteiger partial charge on any atom is 0.573 e. The minimum atomic E-state index is -4.87. The van der Waals surface area contributed by atoms with Crippen LogP contribution in [0.4, 0.5) is 23.7 Å². The summed E-state index contributed by atoms with van der Waals surface area (Å²) in [6.07, 6.45) is -4.65. The van der Waals surface area contributed by atoms with Gasteiger partial charge in [0.05, 0.1) is 5.75 Å². The maximum atomic E-state index is 13.0. The molecule has 204 valence electrons. The number of anilines is 1. The number of primary amides is 1. The van der Waals surface area contributed by atoms with Crippen molar-refractivity contribution in [3.8, 4) is 5.75 Å². The fourth-order valence-corrected chi connectivity index (χ4v) is 6.03. The highest BCUT2D eigenvalue weighted by Gasteiger charge is 2.56. The third-order valence-electron chi connectivity index (χ3n) is 6.60. The molecule has 0 bridgehead atoms. The average Bonchev–Trinajstić information content (AvgIpc) is 3.13. The third kappa shape index (κ3) is 5.45. The van der Waals surface area contributed by atoms with E-state index in [0.29, 0.717) is 5.69 Å². The van der Waals surface area contributed by atoms with E-state index in [-0.39, 0.29) is 36.7 Å². The van der Waals surface area contributed by atoms with Gasteiger partial charge in [-0.25, -0.2) is 18.2 Å². The number of benzene rings is 2. The van der Waals surface area contributed by atoms with Crippen LogP contribution in [0.15, 0.2) is 41.4 Å². The molecular formula is C24H26F3N5O5S. The van der Waals surface area contributed by atoms with E-state index < -0.39 is 39.6 Å². The fraction of sp³-hybridized carbons (Fsp3) is 0.375. The SMILES string of the molecule is Cc1cc(N(C)C(N)=O)cc(C)c1CCS(=O)(=O)N1CC2(C1)N=C(c1cccc(OC(F)(F)F)c1)NC2=O. The van der Waals surface area contributed by atoms with Gasteiger partial charge in [-0.05, 0) is 61.2 Å². The van der Waals surface area contributed by atoms with Crippen molar-refractivity contribution in [2.75, 3.05) is 30.8 Å². The summed E-state index contributed by atoms with van der Waals surface area (Å²) < 4.78 is 68.7. The van der Waals surface area contributed by atoms with Gasteiger partial charge in [-0.1, -0.05) is 12.1 Å². The molecule has 1 fully saturated rings. The average molecular weight is 554 g/mol. The molecule has 0 radical (unpaired) electrons. The number of amides is 3. The Balaban J connectivity index is 1.44. The molecule has 38 heavy (non-hydrogen) atoms. The number of sulfonamides is 1. The van der Waals surface area contributed by atoms with Crippen molar-refractivity contribution in [3.63, 3.8) is 0 Å². The Labute approximate surface area is 217 Å². The van der Waals surface area contributed by atoms with Crippen LogP contribution in [-0.2, 0) is 21.2 Å². The van der Waals surface area contributed by atoms with E-state index in [1.165, 1.54) is 21.3 Å². The second-order valence-corrected chi connectivity index (χ2v) is 11.4. The Kier molecular flexibility index (Phi) is 6.91. The number of aryl methyl sites for hydroxylation is 2. The number of hydrogen-bond acceptors (Lipinski definition) is 6. The summed E-state index contributed by atoms with van der Waals surface area (Å²) in [7, 11) is -2.19. The summed E-state index contributed by atoms with van der Waals surface area (Å²) in [5.41, 5.74) is 7.23. The Hall–Kier alpha value is -3.65. The van der Waals surface area contributed by atoms with Crippen LogP contribution in [0.2, 0.25) is 0 Å². The zero-order chi connectivity index (χ0) is 28.0. The minimum absolute atomic E-state index is 0.0481. The molecule has 2 aromatic carbocycles. The molecule has 0 saturated carbocycles. The fourth-order valence-electron chi connectivity index (χ4n) is 4.49. The summed E-state index contributed by atoms with van der Waals surface area (Å²) in [4.78, 5) is 29.7. The van der Waals surface area contributed by atoms with Gasteiger partial charge in [0.25, 0.3) is 5.91 Å². The molecule has 0 aliphatic carbocycles. The lowest BCUT2D eigenvalue weighted by atomic mass is 9.93. The van der Waals surface area contributed by atoms with Crippen LogP contribution in [0.1, 0.15) is 22.3 Å². The van der Waals surface area contributed by atoms with Gasteiger partial charge in [-0.2, -0.15) is 4.31 Å². The largest absolute Gasteiger partial charge is 0.573 e. The number of ether oxygens (including phenoxy) is 1. The lowest BCUT2D eigenvalue weighted by Crippen LogP contribution is -2.66. The number of nitrogens with zero attached hydrogens (tertiary/aromatic N) is 3. The maximum absolute atomic E-state index is 13.0. The van der Waals surface area contributed by atoms with E-state index in [1.54, 1.807) is 19.2 Å². The summed E-state index contributed by atoms with van der Waals surface area (Å²) in [6, 6.07) is 7.90. The molecule has 14 heteroatoms. The molecule has 10 nitrogen and oxygen atoms in total. The van der Waals surface area contributed by atoms with Gasteiger partial charge in [-0.3, -0.25) is 9.69 Å². The predicted octanol–water partition coefficient (Wildman–Crippen LogP) is 2.22. The molecule has 2 heterocycles. The number of amidine groups is 1. The highest BCUT2D eigenvalue weighted by atomic mass is 32.2. The van der Waals surface area contributed by atoms with Crippen molar-refractivity contribution in [1.29, 1.82) is 0 Å². The van der Waals surface area contributed by atoms with Crippen molar-refractivity contribution in [1.82, 2.24) is 9.62 Å². The first-order valence-corrected chi connectivity index (χ1v) is 13.1. The first kappa shape index (κ1) is 27.4. The van der Waals surface area contributed by atoms with Crippen LogP contribution in [0.25, 0.3) is 0 Å². The number of hydrogen-bond donors (Lipinski definition) is 2. The van der Waals surface area contributed by atoms with Crippen LogP contribution >= 0.6 is 0 Å². The van der Waals surface area contributed by atoms with Gasteiger partial charge in [0.1, 0.15) is 11.6 Å². The molecule has 2 aliphatic heterocycles. The molecule has 1 spiro atoms. The Bertz CT molecular complexity index is 1410. The molecular weight excluding hydrogens is 527 g/mol. The minimum Gasteiger partial charge on any atom is -0.406 e. The Morgan fingerprint density at radius 1 is 1.21 bits per heavy atom. The van der Waals surface area contributed by atoms with Crippen molar-refractivity contribution in [2.45, 2.75) is 32.2 Å². The summed E-state index contributed by atoms with van der Waals surface area (Å²) >= 11 is 0. The van der Waals surface area contributed by atoms with Crippen molar-refractivity contribution >= 4 is 33.5 Å². The number of rotatable bonds is 7. The van der Waals surface area contributed by atoms with E-state index in [1.807, 2.05) is 13.8 Å². The standard InChI is InChI=1S/C24H26F3N5O5S/c1-14-9-17(31(3)22(28)34)10-15(2)19(14)7-8-38(35,36)32-12-23(13-32)21(33)29-20(30-23)16-5-4-6-18(11-16)37-24(25,26)27/h4-6,9-11H,7-8,12-13H2,1-3H3,(H2,28,34)(H,29,30,33). The monoisotopic (exact) mass is 553 g/mol. The van der Waals surface area contributed by atoms with Crippen LogP contribution in [0, 0.1) is 13.8 Å². The normalized spacial score (nSPS) is 17.1. The number of nitrogens with two attached hydrogens (primary N) is 1. The molecule has 2 aromatic rings. The number of halogens is 3. The molecule has 2 aliphatic rings. The summed E-state index contributed by atoms with van der Waals surface area (Å²) in [5.74, 6) is -1.15. The van der Waals surface area contributed by atoms with Gasteiger partial charge >= 0.3 is 12.4 Å². The number of aliphatic imine (C=N–C) groups is 1. The van der Waals surface area contributed by atoms with Crippen LogP contribution < -0.4 is 20.7 Å². The van der Waals surface area contributed by atoms with Crippen molar-refractivity contribution in [2.24, 2.45) is 10.7 Å². The van der Waals surface area contributed by atoms with Gasteiger partial charge < -0.3 is 15.8 Å². The smallest absolute Gasteiger partial charge is 0.406 e. The van der Waals surface area contributed by atoms with Crippen LogP contribution in [0.5, 0.6) is 5.75 Å². The lowest BCUT2D eigenvalue weighted by Gasteiger charge is -2.42. The van der Waals surface area contributed by atoms with Crippen molar-refractivity contribution in [3.05, 3.63) is 58.7 Å². The van der Waals surface area contributed by atoms with Gasteiger partial charge in [0.2, 0.25) is 10.0 Å². The van der Waals surface area contributed by atoms with E-state index in [0.717, 1.165) is 28.8 Å². The molecule has 1 saturated heterocycles. The topological polar surface area (TPSA) is 134 Å². The van der Waals surface area contributed by atoms with E-state index in [9.17, 15) is 31.2 Å². The molecule has 3 amide bonds.